The number of aryl methyl sites for hydroxylation is 1. The number of benzene rings is 2. The number of hydrogen-bond donors (Lipinski definition) is 0. The lowest BCUT2D eigenvalue weighted by atomic mass is 10.1. The third kappa shape index (κ3) is 7.06. The highest BCUT2D eigenvalue weighted by molar-refractivity contribution is 5.92. The molecule has 2 aromatic carbocycles. The highest BCUT2D eigenvalue weighted by Crippen LogP contribution is 2.52. The fraction of sp³-hybridized carbons (Fsp3) is 0.407. The molecule has 1 aromatic heterocycles. The van der Waals surface area contributed by atoms with Gasteiger partial charge in [-0.3, -0.25) is 9.69 Å². The number of imidazole rings is 1. The highest BCUT2D eigenvalue weighted by atomic mass is 19.4. The monoisotopic (exact) mass is 568 g/mol. The Morgan fingerprint density at radius 2 is 1.52 bits per heavy atom. The SMILES string of the molecule is Cn1cnc(C(=O)N(Cc2cccc(OC(F)(F)F)c2)CC2C3CN(Cc4cccc(OC(F)(F)F)c4)CC32)c1. The number of piperidine rings is 1. The van der Waals surface area contributed by atoms with Gasteiger partial charge >= 0.3 is 12.7 Å². The van der Waals surface area contributed by atoms with Crippen LogP contribution in [-0.2, 0) is 20.1 Å². The Morgan fingerprint density at radius 3 is 2.08 bits per heavy atom. The molecule has 5 rings (SSSR count). The van der Waals surface area contributed by atoms with Gasteiger partial charge in [0.2, 0.25) is 0 Å². The van der Waals surface area contributed by atoms with Gasteiger partial charge in [0.1, 0.15) is 17.2 Å². The molecule has 2 heterocycles. The van der Waals surface area contributed by atoms with E-state index in [1.54, 1.807) is 34.8 Å². The van der Waals surface area contributed by atoms with Crippen molar-refractivity contribution in [1.82, 2.24) is 19.4 Å². The minimum atomic E-state index is -4.83. The molecule has 1 saturated carbocycles. The van der Waals surface area contributed by atoms with Crippen LogP contribution in [0.2, 0.25) is 0 Å². The maximum Gasteiger partial charge on any atom is 0.573 e. The Balaban J connectivity index is 1.23. The summed E-state index contributed by atoms with van der Waals surface area (Å²) in [5.41, 5.74) is 1.42. The summed E-state index contributed by atoms with van der Waals surface area (Å²) in [6, 6.07) is 11.4. The topological polar surface area (TPSA) is 59.8 Å². The van der Waals surface area contributed by atoms with Crippen LogP contribution in [0.5, 0.6) is 11.5 Å². The maximum absolute atomic E-state index is 13.3. The Labute approximate surface area is 225 Å². The molecule has 0 N–H and O–H groups in total. The van der Waals surface area contributed by atoms with Crippen LogP contribution in [0, 0.1) is 17.8 Å². The molecular weight excluding hydrogens is 542 g/mol. The number of halogens is 6. The zero-order chi connectivity index (χ0) is 28.7. The van der Waals surface area contributed by atoms with Gasteiger partial charge in [-0.15, -0.1) is 26.3 Å². The number of carbonyl (C=O) groups excluding carboxylic acids is 1. The summed E-state index contributed by atoms with van der Waals surface area (Å²) in [4.78, 5) is 21.2. The molecule has 0 radical (unpaired) electrons. The second-order valence-corrected chi connectivity index (χ2v) is 10.2. The minimum Gasteiger partial charge on any atom is -0.406 e. The van der Waals surface area contributed by atoms with Crippen LogP contribution in [0.15, 0.2) is 61.1 Å². The third-order valence-electron chi connectivity index (χ3n) is 7.13. The van der Waals surface area contributed by atoms with Crippen molar-refractivity contribution in [2.24, 2.45) is 24.8 Å². The van der Waals surface area contributed by atoms with E-state index >= 15 is 0 Å². The van der Waals surface area contributed by atoms with E-state index < -0.39 is 12.7 Å². The second kappa shape index (κ2) is 10.7. The van der Waals surface area contributed by atoms with Crippen LogP contribution in [0.25, 0.3) is 0 Å². The van der Waals surface area contributed by atoms with E-state index in [0.717, 1.165) is 13.1 Å². The van der Waals surface area contributed by atoms with E-state index in [1.807, 2.05) is 0 Å². The molecule has 1 amide bonds. The summed E-state index contributed by atoms with van der Waals surface area (Å²) in [5.74, 6) is -0.161. The molecule has 40 heavy (non-hydrogen) atoms. The molecule has 2 aliphatic rings. The van der Waals surface area contributed by atoms with E-state index in [2.05, 4.69) is 19.4 Å². The van der Waals surface area contributed by atoms with Gasteiger partial charge in [-0.1, -0.05) is 24.3 Å². The first-order valence-corrected chi connectivity index (χ1v) is 12.5. The van der Waals surface area contributed by atoms with Crippen molar-refractivity contribution in [2.45, 2.75) is 25.8 Å². The molecular formula is C27H26F6N4O3. The Bertz CT molecular complexity index is 1350. The van der Waals surface area contributed by atoms with Gasteiger partial charge in [0, 0.05) is 46.0 Å². The van der Waals surface area contributed by atoms with E-state index in [-0.39, 0.29) is 35.6 Å². The second-order valence-electron chi connectivity index (χ2n) is 10.2. The number of amides is 1. The number of fused-ring (bicyclic) bond motifs is 1. The molecule has 2 unspecified atom stereocenters. The molecule has 3 aromatic rings. The van der Waals surface area contributed by atoms with Gasteiger partial charge in [-0.05, 0) is 53.1 Å². The largest absolute Gasteiger partial charge is 0.573 e. The molecule has 2 atom stereocenters. The van der Waals surface area contributed by atoms with E-state index in [1.165, 1.54) is 42.7 Å². The number of likely N-dealkylation sites (tertiary alicyclic amines) is 1. The zero-order valence-electron chi connectivity index (χ0n) is 21.3. The number of carbonyl (C=O) groups is 1. The number of hydrogen-bond acceptors (Lipinski definition) is 5. The highest BCUT2D eigenvalue weighted by Gasteiger charge is 2.56. The minimum absolute atomic E-state index is 0.0795. The van der Waals surface area contributed by atoms with Crippen LogP contribution in [0.3, 0.4) is 0 Å². The first-order chi connectivity index (χ1) is 18.8. The fourth-order valence-corrected chi connectivity index (χ4v) is 5.46. The Kier molecular flexibility index (Phi) is 7.42. The van der Waals surface area contributed by atoms with Crippen LogP contribution in [-0.4, -0.2) is 57.6 Å². The van der Waals surface area contributed by atoms with Gasteiger partial charge in [0.05, 0.1) is 6.33 Å². The number of aromatic nitrogens is 2. The standard InChI is InChI=1S/C27H26F6N4O3/c1-35-15-24(34-16-35)25(38)37(11-18-5-3-7-20(9-18)40-27(31,32)33)14-23-21-12-36(13-22(21)23)10-17-4-2-6-19(8-17)39-26(28,29)30/h2-9,15-16,21-23H,10-14H2,1H3. The lowest BCUT2D eigenvalue weighted by molar-refractivity contribution is -0.275. The van der Waals surface area contributed by atoms with Crippen molar-refractivity contribution in [1.29, 1.82) is 0 Å². The van der Waals surface area contributed by atoms with Crippen molar-refractivity contribution >= 4 is 5.91 Å². The molecule has 2 fully saturated rings. The Hall–Kier alpha value is -3.74. The summed E-state index contributed by atoms with van der Waals surface area (Å²) >= 11 is 0. The number of rotatable bonds is 9. The fourth-order valence-electron chi connectivity index (χ4n) is 5.46. The molecule has 13 heteroatoms. The molecule has 1 saturated heterocycles. The third-order valence-corrected chi connectivity index (χ3v) is 7.13. The van der Waals surface area contributed by atoms with Crippen molar-refractivity contribution in [3.63, 3.8) is 0 Å². The average molecular weight is 569 g/mol. The first-order valence-electron chi connectivity index (χ1n) is 12.5. The van der Waals surface area contributed by atoms with Gasteiger partial charge in [0.25, 0.3) is 5.91 Å². The number of nitrogens with zero attached hydrogens (tertiary/aromatic N) is 4. The van der Waals surface area contributed by atoms with Crippen molar-refractivity contribution < 1.29 is 40.6 Å². The summed E-state index contributed by atoms with van der Waals surface area (Å²) in [6.07, 6.45) is -6.50. The summed E-state index contributed by atoms with van der Waals surface area (Å²) in [6.45, 7) is 2.39. The lowest BCUT2D eigenvalue weighted by Crippen LogP contribution is -2.35. The number of alkyl halides is 6. The smallest absolute Gasteiger partial charge is 0.406 e. The average Bonchev–Trinajstić information content (AvgIpc) is 3.16. The zero-order valence-corrected chi connectivity index (χ0v) is 21.3. The van der Waals surface area contributed by atoms with Crippen LogP contribution < -0.4 is 9.47 Å². The van der Waals surface area contributed by atoms with E-state index in [4.69, 9.17) is 0 Å². The number of ether oxygens (including phenoxy) is 2. The van der Waals surface area contributed by atoms with Crippen LogP contribution >= 0.6 is 0 Å². The summed E-state index contributed by atoms with van der Waals surface area (Å²) in [7, 11) is 1.73. The predicted octanol–water partition coefficient (Wildman–Crippen LogP) is 5.24. The predicted molar refractivity (Wildman–Crippen MR) is 130 cm³/mol. The van der Waals surface area contributed by atoms with Crippen molar-refractivity contribution in [2.75, 3.05) is 19.6 Å². The Morgan fingerprint density at radius 1 is 0.950 bits per heavy atom. The van der Waals surface area contributed by atoms with Crippen molar-refractivity contribution in [3.05, 3.63) is 77.9 Å². The van der Waals surface area contributed by atoms with Gasteiger partial charge in [-0.2, -0.15) is 0 Å². The molecule has 0 spiro atoms. The maximum atomic E-state index is 13.3. The molecule has 0 bridgehead atoms. The quantitative estimate of drug-likeness (QED) is 0.331. The molecule has 7 nitrogen and oxygen atoms in total. The van der Waals surface area contributed by atoms with Crippen LogP contribution in [0.4, 0.5) is 26.3 Å². The van der Waals surface area contributed by atoms with Gasteiger partial charge in [0.15, 0.2) is 0 Å². The van der Waals surface area contributed by atoms with E-state index in [9.17, 15) is 31.1 Å². The summed E-state index contributed by atoms with van der Waals surface area (Å²) in [5, 5.41) is 0. The summed E-state index contributed by atoms with van der Waals surface area (Å²) < 4.78 is 85.4. The molecule has 1 aliphatic heterocycles. The van der Waals surface area contributed by atoms with Crippen molar-refractivity contribution in [3.8, 4) is 11.5 Å². The molecule has 1 aliphatic carbocycles. The van der Waals surface area contributed by atoms with Gasteiger partial charge in [-0.25, -0.2) is 4.98 Å². The molecule has 214 valence electrons. The lowest BCUT2D eigenvalue weighted by Gasteiger charge is -2.25. The van der Waals surface area contributed by atoms with Gasteiger partial charge < -0.3 is 18.9 Å². The van der Waals surface area contributed by atoms with E-state index in [0.29, 0.717) is 36.1 Å². The normalized spacial score (nSPS) is 20.7. The first kappa shape index (κ1) is 27.8. The van der Waals surface area contributed by atoms with Crippen LogP contribution in [0.1, 0.15) is 21.6 Å².